The normalized spacial score (nSPS) is 20.6. The highest BCUT2D eigenvalue weighted by atomic mass is 16.5. The smallest absolute Gasteiger partial charge is 0.260 e. The predicted octanol–water partition coefficient (Wildman–Crippen LogP) is 1.17. The van der Waals surface area contributed by atoms with Crippen LogP contribution in [0.5, 0.6) is 5.75 Å². The Hall–Kier alpha value is -2.06. The maximum Gasteiger partial charge on any atom is 0.260 e. The van der Waals surface area contributed by atoms with Gasteiger partial charge in [-0.1, -0.05) is 12.1 Å². The Kier molecular flexibility index (Phi) is 4.59. The SMILES string of the molecule is CN(CC1CC(O)C1)C(=O)COc1ccccc1C#N. The lowest BCUT2D eigenvalue weighted by molar-refractivity contribution is -0.133. The number of ether oxygens (including phenoxy) is 1. The number of benzene rings is 1. The first-order valence-electron chi connectivity index (χ1n) is 6.64. The minimum absolute atomic E-state index is 0.0789. The van der Waals surface area contributed by atoms with Crippen LogP contribution in [0, 0.1) is 17.2 Å². The second-order valence-electron chi connectivity index (χ2n) is 5.16. The molecule has 1 aromatic carbocycles. The fraction of sp³-hybridized carbons (Fsp3) is 0.467. The molecule has 1 aliphatic carbocycles. The quantitative estimate of drug-likeness (QED) is 0.874. The monoisotopic (exact) mass is 274 g/mol. The summed E-state index contributed by atoms with van der Waals surface area (Å²) in [6.07, 6.45) is 1.31. The van der Waals surface area contributed by atoms with E-state index in [4.69, 9.17) is 10.00 Å². The fourth-order valence-corrected chi connectivity index (χ4v) is 2.27. The molecular weight excluding hydrogens is 256 g/mol. The highest BCUT2D eigenvalue weighted by Crippen LogP contribution is 2.27. The van der Waals surface area contributed by atoms with Crippen LogP contribution in [0.2, 0.25) is 0 Å². The van der Waals surface area contributed by atoms with E-state index in [0.717, 1.165) is 12.8 Å². The Morgan fingerprint density at radius 3 is 2.85 bits per heavy atom. The van der Waals surface area contributed by atoms with E-state index in [0.29, 0.717) is 23.8 Å². The second-order valence-corrected chi connectivity index (χ2v) is 5.16. The van der Waals surface area contributed by atoms with E-state index >= 15 is 0 Å². The molecular formula is C15H18N2O3. The summed E-state index contributed by atoms with van der Waals surface area (Å²) in [6, 6.07) is 8.87. The molecule has 1 fully saturated rings. The van der Waals surface area contributed by atoms with Gasteiger partial charge in [0.25, 0.3) is 5.91 Å². The molecule has 106 valence electrons. The summed E-state index contributed by atoms with van der Waals surface area (Å²) in [5, 5.41) is 18.1. The molecule has 0 radical (unpaired) electrons. The summed E-state index contributed by atoms with van der Waals surface area (Å²) >= 11 is 0. The zero-order valence-corrected chi connectivity index (χ0v) is 11.5. The standard InChI is InChI=1S/C15H18N2O3/c1-17(9-11-6-13(18)7-11)15(19)10-20-14-5-3-2-4-12(14)8-16/h2-5,11,13,18H,6-7,9-10H2,1H3. The number of para-hydroxylation sites is 1. The summed E-state index contributed by atoms with van der Waals surface area (Å²) in [7, 11) is 1.73. The van der Waals surface area contributed by atoms with E-state index < -0.39 is 0 Å². The number of likely N-dealkylation sites (N-methyl/N-ethyl adjacent to an activating group) is 1. The first kappa shape index (κ1) is 14.4. The molecule has 0 aliphatic heterocycles. The van der Waals surface area contributed by atoms with Gasteiger partial charge >= 0.3 is 0 Å². The van der Waals surface area contributed by atoms with Gasteiger partial charge in [0.15, 0.2) is 6.61 Å². The molecule has 1 aliphatic rings. The number of hydrogen-bond acceptors (Lipinski definition) is 4. The van der Waals surface area contributed by atoms with Gasteiger partial charge in [-0.25, -0.2) is 0 Å². The van der Waals surface area contributed by atoms with Crippen molar-refractivity contribution in [2.24, 2.45) is 5.92 Å². The topological polar surface area (TPSA) is 73.6 Å². The van der Waals surface area contributed by atoms with Gasteiger partial charge in [0.1, 0.15) is 11.8 Å². The number of carbonyl (C=O) groups excluding carboxylic acids is 1. The number of amides is 1. The first-order valence-corrected chi connectivity index (χ1v) is 6.64. The lowest BCUT2D eigenvalue weighted by Gasteiger charge is -2.34. The Labute approximate surface area is 118 Å². The number of carbonyl (C=O) groups is 1. The van der Waals surface area contributed by atoms with Crippen molar-refractivity contribution >= 4 is 5.91 Å². The van der Waals surface area contributed by atoms with Crippen LogP contribution in [0.1, 0.15) is 18.4 Å². The van der Waals surface area contributed by atoms with E-state index in [2.05, 4.69) is 0 Å². The maximum atomic E-state index is 11.9. The zero-order valence-electron chi connectivity index (χ0n) is 11.5. The Morgan fingerprint density at radius 1 is 1.50 bits per heavy atom. The van der Waals surface area contributed by atoms with E-state index in [-0.39, 0.29) is 18.6 Å². The Balaban J connectivity index is 1.81. The molecule has 1 amide bonds. The van der Waals surface area contributed by atoms with Gasteiger partial charge in [-0.2, -0.15) is 5.26 Å². The molecule has 0 spiro atoms. The third-order valence-electron chi connectivity index (χ3n) is 3.53. The van der Waals surface area contributed by atoms with Crippen molar-refractivity contribution < 1.29 is 14.6 Å². The first-order chi connectivity index (χ1) is 9.60. The van der Waals surface area contributed by atoms with Crippen LogP contribution in [0.4, 0.5) is 0 Å². The molecule has 0 atom stereocenters. The molecule has 0 bridgehead atoms. The molecule has 5 heteroatoms. The number of nitriles is 1. The summed E-state index contributed by atoms with van der Waals surface area (Å²) < 4.78 is 5.40. The lowest BCUT2D eigenvalue weighted by atomic mass is 9.82. The van der Waals surface area contributed by atoms with Gasteiger partial charge in [-0.05, 0) is 30.9 Å². The van der Waals surface area contributed by atoms with Gasteiger partial charge in [0.2, 0.25) is 0 Å². The third kappa shape index (κ3) is 3.49. The number of aliphatic hydroxyl groups is 1. The molecule has 0 heterocycles. The van der Waals surface area contributed by atoms with E-state index in [1.54, 1.807) is 36.2 Å². The molecule has 20 heavy (non-hydrogen) atoms. The molecule has 1 aromatic rings. The highest BCUT2D eigenvalue weighted by Gasteiger charge is 2.29. The maximum absolute atomic E-state index is 11.9. The summed E-state index contributed by atoms with van der Waals surface area (Å²) in [4.78, 5) is 13.5. The number of rotatable bonds is 5. The van der Waals surface area contributed by atoms with Gasteiger partial charge < -0.3 is 14.7 Å². The lowest BCUT2D eigenvalue weighted by Crippen LogP contribution is -2.41. The Morgan fingerprint density at radius 2 is 2.20 bits per heavy atom. The molecule has 5 nitrogen and oxygen atoms in total. The minimum atomic E-state index is -0.206. The Bertz CT molecular complexity index is 518. The third-order valence-corrected chi connectivity index (χ3v) is 3.53. The summed E-state index contributed by atoms with van der Waals surface area (Å²) in [5.41, 5.74) is 0.421. The average Bonchev–Trinajstić information content (AvgIpc) is 2.43. The van der Waals surface area contributed by atoms with Crippen molar-refractivity contribution in [3.05, 3.63) is 29.8 Å². The van der Waals surface area contributed by atoms with Crippen molar-refractivity contribution in [2.75, 3.05) is 20.2 Å². The van der Waals surface area contributed by atoms with Crippen molar-refractivity contribution in [3.8, 4) is 11.8 Å². The molecule has 1 N–H and O–H groups in total. The van der Waals surface area contributed by atoms with Crippen molar-refractivity contribution in [1.82, 2.24) is 4.90 Å². The summed E-state index contributed by atoms with van der Waals surface area (Å²) in [6.45, 7) is 0.559. The highest BCUT2D eigenvalue weighted by molar-refractivity contribution is 5.77. The van der Waals surface area contributed by atoms with E-state index in [9.17, 15) is 9.90 Å². The number of nitrogens with zero attached hydrogens (tertiary/aromatic N) is 2. The number of hydrogen-bond donors (Lipinski definition) is 1. The van der Waals surface area contributed by atoms with Gasteiger partial charge in [0.05, 0.1) is 11.7 Å². The molecule has 0 saturated heterocycles. The van der Waals surface area contributed by atoms with Crippen molar-refractivity contribution in [2.45, 2.75) is 18.9 Å². The minimum Gasteiger partial charge on any atom is -0.482 e. The van der Waals surface area contributed by atoms with Crippen LogP contribution < -0.4 is 4.74 Å². The van der Waals surface area contributed by atoms with Crippen LogP contribution in [0.25, 0.3) is 0 Å². The van der Waals surface area contributed by atoms with Crippen LogP contribution in [-0.2, 0) is 4.79 Å². The zero-order chi connectivity index (χ0) is 14.5. The van der Waals surface area contributed by atoms with Crippen LogP contribution in [-0.4, -0.2) is 42.2 Å². The van der Waals surface area contributed by atoms with E-state index in [1.165, 1.54) is 0 Å². The largest absolute Gasteiger partial charge is 0.482 e. The van der Waals surface area contributed by atoms with Crippen LogP contribution >= 0.6 is 0 Å². The fourth-order valence-electron chi connectivity index (χ4n) is 2.27. The van der Waals surface area contributed by atoms with Crippen LogP contribution in [0.3, 0.4) is 0 Å². The van der Waals surface area contributed by atoms with Crippen molar-refractivity contribution in [1.29, 1.82) is 5.26 Å². The van der Waals surface area contributed by atoms with Gasteiger partial charge in [0, 0.05) is 13.6 Å². The molecule has 2 rings (SSSR count). The van der Waals surface area contributed by atoms with Gasteiger partial charge in [-0.15, -0.1) is 0 Å². The van der Waals surface area contributed by atoms with Crippen LogP contribution in [0.15, 0.2) is 24.3 Å². The van der Waals surface area contributed by atoms with Crippen molar-refractivity contribution in [3.63, 3.8) is 0 Å². The molecule has 1 saturated carbocycles. The molecule has 0 aromatic heterocycles. The summed E-state index contributed by atoms with van der Waals surface area (Å²) in [5.74, 6) is 0.681. The van der Waals surface area contributed by atoms with E-state index in [1.807, 2.05) is 6.07 Å². The number of aliphatic hydroxyl groups excluding tert-OH is 1. The predicted molar refractivity (Wildman–Crippen MR) is 73.0 cm³/mol. The average molecular weight is 274 g/mol. The second kappa shape index (κ2) is 6.40. The van der Waals surface area contributed by atoms with Gasteiger partial charge in [-0.3, -0.25) is 4.79 Å². The molecule has 0 unspecified atom stereocenters.